The van der Waals surface area contributed by atoms with Gasteiger partial charge in [-0.3, -0.25) is 4.79 Å². The van der Waals surface area contributed by atoms with Crippen LogP contribution in [0.5, 0.6) is 0 Å². The molecule has 0 aliphatic carbocycles. The zero-order chi connectivity index (χ0) is 26.3. The molecule has 2 aromatic rings. The molecule has 6 N–H and O–H groups in total. The molecule has 0 aromatic heterocycles. The minimum Gasteiger partial charge on any atom is -0.475 e. The lowest BCUT2D eigenvalue weighted by atomic mass is 9.98. The Kier molecular flexibility index (Phi) is 9.14. The molecule has 2 aromatic carbocycles. The number of carboxylic acid groups (broad SMARTS) is 1. The van der Waals surface area contributed by atoms with E-state index in [1.807, 2.05) is 30.3 Å². The predicted molar refractivity (Wildman–Crippen MR) is 135 cm³/mol. The van der Waals surface area contributed by atoms with Crippen molar-refractivity contribution in [1.82, 2.24) is 10.6 Å². The maximum atomic E-state index is 12.7. The van der Waals surface area contributed by atoms with Crippen LogP contribution in [0, 0.1) is 0 Å². The SMILES string of the molecule is Nc1cc(C2=CCNCC2)ccc1NC(=O)c1ccc(C2=CCNCC2)c(Cl)c1.O=C(O)C(F)(F)F. The molecule has 0 spiro atoms. The van der Waals surface area contributed by atoms with Gasteiger partial charge in [0, 0.05) is 23.7 Å². The highest BCUT2D eigenvalue weighted by Crippen LogP contribution is 2.30. The van der Waals surface area contributed by atoms with Crippen molar-refractivity contribution >= 4 is 46.0 Å². The number of carbonyl (C=O) groups is 2. The summed E-state index contributed by atoms with van der Waals surface area (Å²) in [5.74, 6) is -2.98. The summed E-state index contributed by atoms with van der Waals surface area (Å²) >= 11 is 6.47. The van der Waals surface area contributed by atoms with Crippen LogP contribution in [0.25, 0.3) is 11.1 Å². The number of hydrogen-bond donors (Lipinski definition) is 5. The molecule has 1 amide bonds. The van der Waals surface area contributed by atoms with Crippen molar-refractivity contribution in [2.75, 3.05) is 37.2 Å². The van der Waals surface area contributed by atoms with E-state index in [1.54, 1.807) is 6.07 Å². The Hall–Kier alpha value is -3.34. The summed E-state index contributed by atoms with van der Waals surface area (Å²) in [6.07, 6.45) is 1.14. The lowest BCUT2D eigenvalue weighted by Gasteiger charge is -2.17. The molecule has 0 atom stereocenters. The first kappa shape index (κ1) is 27.3. The number of aliphatic carboxylic acids is 1. The summed E-state index contributed by atoms with van der Waals surface area (Å²) in [6.45, 7) is 3.62. The number of hydrogen-bond acceptors (Lipinski definition) is 5. The van der Waals surface area contributed by atoms with Gasteiger partial charge in [-0.2, -0.15) is 13.2 Å². The highest BCUT2D eigenvalue weighted by molar-refractivity contribution is 6.32. The van der Waals surface area contributed by atoms with Gasteiger partial charge in [-0.05, 0) is 72.5 Å². The average molecular weight is 523 g/mol. The van der Waals surface area contributed by atoms with E-state index in [-0.39, 0.29) is 5.91 Å². The molecule has 0 radical (unpaired) electrons. The second-order valence-electron chi connectivity index (χ2n) is 8.12. The molecule has 36 heavy (non-hydrogen) atoms. The Labute approximate surface area is 211 Å². The first-order chi connectivity index (χ1) is 17.1. The number of nitrogen functional groups attached to an aromatic ring is 1. The fourth-order valence-electron chi connectivity index (χ4n) is 3.74. The fourth-order valence-corrected chi connectivity index (χ4v) is 4.04. The fraction of sp³-hybridized carbons (Fsp3) is 0.280. The minimum atomic E-state index is -5.08. The van der Waals surface area contributed by atoms with Crippen LogP contribution in [-0.4, -0.2) is 49.3 Å². The van der Waals surface area contributed by atoms with Crippen LogP contribution in [0.4, 0.5) is 24.5 Å². The Balaban J connectivity index is 0.000000454. The van der Waals surface area contributed by atoms with Crippen LogP contribution in [0.15, 0.2) is 48.6 Å². The number of nitrogens with one attached hydrogen (secondary N) is 3. The van der Waals surface area contributed by atoms with Crippen molar-refractivity contribution in [2.24, 2.45) is 0 Å². The molecule has 2 aliphatic heterocycles. The van der Waals surface area contributed by atoms with Crippen LogP contribution in [0.3, 0.4) is 0 Å². The standard InChI is InChI=1S/C23H25ClN4O.C2HF3O2/c24-20-13-18(1-3-19(20)16-7-11-27-12-8-16)23(29)28-22-4-2-17(14-21(22)25)15-5-9-26-10-6-15;3-2(4,5)1(6)7/h1-5,7,13-14,26-27H,6,8-12,25H2,(H,28,29);(H,6,7). The third kappa shape index (κ3) is 7.33. The van der Waals surface area contributed by atoms with Crippen LogP contribution in [0.2, 0.25) is 5.02 Å². The summed E-state index contributed by atoms with van der Waals surface area (Å²) < 4.78 is 31.7. The summed E-state index contributed by atoms with van der Waals surface area (Å²) in [4.78, 5) is 21.6. The molecule has 2 heterocycles. The average Bonchev–Trinajstić information content (AvgIpc) is 2.86. The molecule has 4 rings (SSSR count). The van der Waals surface area contributed by atoms with Crippen LogP contribution < -0.4 is 21.7 Å². The van der Waals surface area contributed by atoms with Gasteiger partial charge in [0.15, 0.2) is 0 Å². The third-order valence-electron chi connectivity index (χ3n) is 5.62. The maximum Gasteiger partial charge on any atom is 0.490 e. The van der Waals surface area contributed by atoms with E-state index in [4.69, 9.17) is 27.2 Å². The first-order valence-electron chi connectivity index (χ1n) is 11.2. The molecule has 11 heteroatoms. The number of alkyl halides is 3. The Morgan fingerprint density at radius 2 is 1.58 bits per heavy atom. The first-order valence-corrected chi connectivity index (χ1v) is 11.5. The Morgan fingerprint density at radius 3 is 2.08 bits per heavy atom. The van der Waals surface area contributed by atoms with Crippen molar-refractivity contribution in [1.29, 1.82) is 0 Å². The molecule has 7 nitrogen and oxygen atoms in total. The molecule has 0 unspecified atom stereocenters. The monoisotopic (exact) mass is 522 g/mol. The smallest absolute Gasteiger partial charge is 0.475 e. The molecule has 2 aliphatic rings. The number of carbonyl (C=O) groups excluding carboxylic acids is 1. The van der Waals surface area contributed by atoms with Gasteiger partial charge in [0.1, 0.15) is 0 Å². The van der Waals surface area contributed by atoms with E-state index in [2.05, 4.69) is 28.1 Å². The number of amides is 1. The molecule has 0 saturated heterocycles. The Bertz CT molecular complexity index is 1200. The van der Waals surface area contributed by atoms with E-state index in [1.165, 1.54) is 11.1 Å². The lowest BCUT2D eigenvalue weighted by molar-refractivity contribution is -0.192. The second-order valence-corrected chi connectivity index (χ2v) is 8.53. The molecule has 0 fully saturated rings. The molecule has 0 bridgehead atoms. The largest absolute Gasteiger partial charge is 0.490 e. The summed E-state index contributed by atoms with van der Waals surface area (Å²) in [5.41, 5.74) is 12.5. The van der Waals surface area contributed by atoms with Crippen LogP contribution in [-0.2, 0) is 4.79 Å². The van der Waals surface area contributed by atoms with E-state index >= 15 is 0 Å². The zero-order valence-electron chi connectivity index (χ0n) is 19.2. The highest BCUT2D eigenvalue weighted by Gasteiger charge is 2.38. The van der Waals surface area contributed by atoms with Crippen molar-refractivity contribution in [3.8, 4) is 0 Å². The van der Waals surface area contributed by atoms with Crippen molar-refractivity contribution in [3.63, 3.8) is 0 Å². The van der Waals surface area contributed by atoms with Crippen LogP contribution in [0.1, 0.15) is 34.3 Å². The van der Waals surface area contributed by atoms with Gasteiger partial charge in [-0.25, -0.2) is 4.79 Å². The predicted octanol–water partition coefficient (Wildman–Crippen LogP) is 4.56. The molecular weight excluding hydrogens is 497 g/mol. The molecule has 192 valence electrons. The number of carboxylic acids is 1. The van der Waals surface area contributed by atoms with Crippen molar-refractivity contribution < 1.29 is 27.9 Å². The lowest BCUT2D eigenvalue weighted by Crippen LogP contribution is -2.21. The van der Waals surface area contributed by atoms with Crippen molar-refractivity contribution in [2.45, 2.75) is 19.0 Å². The molecule has 0 saturated carbocycles. The van der Waals surface area contributed by atoms with Gasteiger partial charge in [0.25, 0.3) is 5.91 Å². The van der Waals surface area contributed by atoms with Gasteiger partial charge in [-0.15, -0.1) is 0 Å². The van der Waals surface area contributed by atoms with Gasteiger partial charge < -0.3 is 26.8 Å². The summed E-state index contributed by atoms with van der Waals surface area (Å²) in [5, 5.41) is 17.2. The topological polar surface area (TPSA) is 116 Å². The van der Waals surface area contributed by atoms with Gasteiger partial charge in [0.2, 0.25) is 0 Å². The highest BCUT2D eigenvalue weighted by atomic mass is 35.5. The summed E-state index contributed by atoms with van der Waals surface area (Å²) in [7, 11) is 0. The van der Waals surface area contributed by atoms with Gasteiger partial charge >= 0.3 is 12.1 Å². The van der Waals surface area contributed by atoms with E-state index in [9.17, 15) is 18.0 Å². The number of rotatable bonds is 4. The van der Waals surface area contributed by atoms with Crippen LogP contribution >= 0.6 is 11.6 Å². The number of halogens is 4. The molecular formula is C25H26ClF3N4O3. The zero-order valence-corrected chi connectivity index (χ0v) is 20.0. The maximum absolute atomic E-state index is 12.7. The number of anilines is 2. The number of benzene rings is 2. The number of nitrogens with two attached hydrogens (primary N) is 1. The second kappa shape index (κ2) is 12.1. The quantitative estimate of drug-likeness (QED) is 0.376. The summed E-state index contributed by atoms with van der Waals surface area (Å²) in [6, 6.07) is 11.2. The normalized spacial score (nSPS) is 15.7. The van der Waals surface area contributed by atoms with Gasteiger partial charge in [0.05, 0.1) is 11.4 Å². The van der Waals surface area contributed by atoms with Crippen molar-refractivity contribution in [3.05, 3.63) is 70.3 Å². The Morgan fingerprint density at radius 1 is 0.972 bits per heavy atom. The van der Waals surface area contributed by atoms with E-state index in [0.717, 1.165) is 50.1 Å². The van der Waals surface area contributed by atoms with Gasteiger partial charge in [-0.1, -0.05) is 35.9 Å². The minimum absolute atomic E-state index is 0.224. The third-order valence-corrected chi connectivity index (χ3v) is 5.93. The van der Waals surface area contributed by atoms with E-state index in [0.29, 0.717) is 22.0 Å². The van der Waals surface area contributed by atoms with E-state index < -0.39 is 12.1 Å².